The third-order valence-corrected chi connectivity index (χ3v) is 6.50. The van der Waals surface area contributed by atoms with Crippen LogP contribution in [0.2, 0.25) is 0 Å². The first kappa shape index (κ1) is 14.9. The van der Waals surface area contributed by atoms with Crippen LogP contribution in [-0.2, 0) is 10.0 Å². The highest BCUT2D eigenvalue weighted by molar-refractivity contribution is 7.89. The zero-order valence-electron chi connectivity index (χ0n) is 12.0. The average Bonchev–Trinajstić information content (AvgIpc) is 2.48. The molecule has 2 heterocycles. The highest BCUT2D eigenvalue weighted by Gasteiger charge is 2.40. The largest absolute Gasteiger partial charge is 0.316 e. The molecule has 116 valence electrons. The second-order valence-electron chi connectivity index (χ2n) is 6.18. The summed E-state index contributed by atoms with van der Waals surface area (Å²) in [6.45, 7) is 3.04. The molecular weight excluding hydrogens is 291 g/mol. The fourth-order valence-electron chi connectivity index (χ4n) is 3.50. The number of rotatable bonds is 2. The molecule has 2 saturated heterocycles. The maximum Gasteiger partial charge on any atom is 0.243 e. The van der Waals surface area contributed by atoms with Gasteiger partial charge in [-0.3, -0.25) is 0 Å². The summed E-state index contributed by atoms with van der Waals surface area (Å²) in [5.74, 6) is -0.416. The van der Waals surface area contributed by atoms with E-state index in [0.717, 1.165) is 38.8 Å². The van der Waals surface area contributed by atoms with Gasteiger partial charge >= 0.3 is 0 Å². The van der Waals surface area contributed by atoms with Crippen molar-refractivity contribution < 1.29 is 12.8 Å². The van der Waals surface area contributed by atoms with Crippen molar-refractivity contribution in [2.24, 2.45) is 5.41 Å². The Morgan fingerprint density at radius 1 is 1.14 bits per heavy atom. The van der Waals surface area contributed by atoms with E-state index in [2.05, 4.69) is 5.32 Å². The van der Waals surface area contributed by atoms with Crippen LogP contribution in [0.5, 0.6) is 0 Å². The normalized spacial score (nSPS) is 27.9. The second-order valence-corrected chi connectivity index (χ2v) is 8.11. The van der Waals surface area contributed by atoms with Gasteiger partial charge in [0.25, 0.3) is 0 Å². The highest BCUT2D eigenvalue weighted by Crippen LogP contribution is 2.37. The lowest BCUT2D eigenvalue weighted by Gasteiger charge is -2.44. The van der Waals surface area contributed by atoms with Crippen LogP contribution in [-0.4, -0.2) is 38.9 Å². The fraction of sp³-hybridized carbons (Fsp3) is 0.600. The van der Waals surface area contributed by atoms with E-state index >= 15 is 0 Å². The smallest absolute Gasteiger partial charge is 0.243 e. The van der Waals surface area contributed by atoms with Crippen molar-refractivity contribution in [1.29, 1.82) is 0 Å². The minimum atomic E-state index is -3.52. The number of halogens is 1. The number of piperidine rings is 2. The van der Waals surface area contributed by atoms with Gasteiger partial charge in [0.1, 0.15) is 5.82 Å². The van der Waals surface area contributed by atoms with Crippen LogP contribution in [0.1, 0.15) is 25.7 Å². The number of benzene rings is 1. The van der Waals surface area contributed by atoms with Gasteiger partial charge in [-0.1, -0.05) is 0 Å². The number of hydrogen-bond acceptors (Lipinski definition) is 3. The molecule has 1 aromatic carbocycles. The van der Waals surface area contributed by atoms with Crippen molar-refractivity contribution in [2.45, 2.75) is 30.6 Å². The lowest BCUT2D eigenvalue weighted by Crippen LogP contribution is -2.52. The molecule has 1 unspecified atom stereocenters. The van der Waals surface area contributed by atoms with E-state index < -0.39 is 15.8 Å². The van der Waals surface area contributed by atoms with Gasteiger partial charge in [-0.05, 0) is 61.9 Å². The van der Waals surface area contributed by atoms with Gasteiger partial charge in [0.05, 0.1) is 4.90 Å². The van der Waals surface area contributed by atoms with Crippen LogP contribution < -0.4 is 5.32 Å². The molecular formula is C15H21FN2O2S. The van der Waals surface area contributed by atoms with E-state index in [1.165, 1.54) is 24.3 Å². The van der Waals surface area contributed by atoms with Gasteiger partial charge in [0, 0.05) is 19.6 Å². The lowest BCUT2D eigenvalue weighted by atomic mass is 9.75. The summed E-state index contributed by atoms with van der Waals surface area (Å²) in [5, 5.41) is 3.39. The standard InChI is InChI=1S/C15H21FN2O2S/c16-13-3-5-14(6-4-13)21(19,20)18-10-2-8-15(12-18)7-1-9-17-11-15/h3-6,17H,1-2,7-12H2. The molecule has 0 bridgehead atoms. The van der Waals surface area contributed by atoms with Crippen LogP contribution >= 0.6 is 0 Å². The van der Waals surface area contributed by atoms with Crippen molar-refractivity contribution in [2.75, 3.05) is 26.2 Å². The van der Waals surface area contributed by atoms with Crippen LogP contribution in [0.25, 0.3) is 0 Å². The highest BCUT2D eigenvalue weighted by atomic mass is 32.2. The van der Waals surface area contributed by atoms with Gasteiger partial charge in [0.15, 0.2) is 0 Å². The Kier molecular flexibility index (Phi) is 4.03. The quantitative estimate of drug-likeness (QED) is 0.908. The Labute approximate surface area is 125 Å². The number of sulfonamides is 1. The molecule has 0 aliphatic carbocycles. The van der Waals surface area contributed by atoms with Gasteiger partial charge in [-0.15, -0.1) is 0 Å². The van der Waals surface area contributed by atoms with E-state index in [1.807, 2.05) is 0 Å². The number of nitrogens with one attached hydrogen (secondary N) is 1. The molecule has 0 aromatic heterocycles. The molecule has 6 heteroatoms. The molecule has 2 aliphatic heterocycles. The molecule has 2 aliphatic rings. The summed E-state index contributed by atoms with van der Waals surface area (Å²) in [6, 6.07) is 5.11. The molecule has 4 nitrogen and oxygen atoms in total. The lowest BCUT2D eigenvalue weighted by molar-refractivity contribution is 0.110. The van der Waals surface area contributed by atoms with Crippen molar-refractivity contribution in [3.05, 3.63) is 30.1 Å². The monoisotopic (exact) mass is 312 g/mol. The van der Waals surface area contributed by atoms with E-state index in [-0.39, 0.29) is 10.3 Å². The van der Waals surface area contributed by atoms with Crippen molar-refractivity contribution >= 4 is 10.0 Å². The first-order valence-electron chi connectivity index (χ1n) is 7.48. The van der Waals surface area contributed by atoms with Crippen molar-refractivity contribution in [3.8, 4) is 0 Å². The van der Waals surface area contributed by atoms with E-state index in [0.29, 0.717) is 13.1 Å². The summed E-state index contributed by atoms with van der Waals surface area (Å²) in [4.78, 5) is 0.185. The molecule has 0 saturated carbocycles. The molecule has 0 radical (unpaired) electrons. The van der Waals surface area contributed by atoms with Gasteiger partial charge in [-0.25, -0.2) is 12.8 Å². The topological polar surface area (TPSA) is 49.4 Å². The summed E-state index contributed by atoms with van der Waals surface area (Å²) in [6.07, 6.45) is 4.15. The maximum absolute atomic E-state index is 13.0. The Balaban J connectivity index is 1.83. The summed E-state index contributed by atoms with van der Waals surface area (Å²) in [5.41, 5.74) is 0.0730. The summed E-state index contributed by atoms with van der Waals surface area (Å²) in [7, 11) is -3.52. The van der Waals surface area contributed by atoms with Crippen LogP contribution in [0.3, 0.4) is 0 Å². The third-order valence-electron chi connectivity index (χ3n) is 4.64. The van der Waals surface area contributed by atoms with Crippen molar-refractivity contribution in [3.63, 3.8) is 0 Å². The fourth-order valence-corrected chi connectivity index (χ4v) is 5.09. The SMILES string of the molecule is O=S(=O)(c1ccc(F)cc1)N1CCCC2(CCCNC2)C1. The van der Waals surface area contributed by atoms with E-state index in [9.17, 15) is 12.8 Å². The first-order chi connectivity index (χ1) is 10.0. The Morgan fingerprint density at radius 3 is 2.52 bits per heavy atom. The zero-order chi connectivity index (χ0) is 14.9. The predicted octanol–water partition coefficient (Wildman–Crippen LogP) is 1.98. The first-order valence-corrected chi connectivity index (χ1v) is 8.92. The predicted molar refractivity (Wildman–Crippen MR) is 78.9 cm³/mol. The Morgan fingerprint density at radius 2 is 1.86 bits per heavy atom. The molecule has 0 amide bonds. The Hall–Kier alpha value is -0.980. The van der Waals surface area contributed by atoms with Crippen LogP contribution in [0.4, 0.5) is 4.39 Å². The molecule has 1 aromatic rings. The van der Waals surface area contributed by atoms with E-state index in [4.69, 9.17) is 0 Å². The Bertz CT molecular complexity index is 589. The number of hydrogen-bond donors (Lipinski definition) is 1. The second kappa shape index (κ2) is 5.66. The van der Waals surface area contributed by atoms with Crippen LogP contribution in [0.15, 0.2) is 29.2 Å². The maximum atomic E-state index is 13.0. The molecule has 1 N–H and O–H groups in total. The zero-order valence-corrected chi connectivity index (χ0v) is 12.8. The molecule has 21 heavy (non-hydrogen) atoms. The van der Waals surface area contributed by atoms with Gasteiger partial charge in [0.2, 0.25) is 10.0 Å². The number of nitrogens with zero attached hydrogens (tertiary/aromatic N) is 1. The summed E-state index contributed by atoms with van der Waals surface area (Å²) < 4.78 is 40.0. The van der Waals surface area contributed by atoms with Crippen molar-refractivity contribution in [1.82, 2.24) is 9.62 Å². The molecule has 1 spiro atoms. The molecule has 1 atom stereocenters. The van der Waals surface area contributed by atoms with Gasteiger partial charge in [-0.2, -0.15) is 4.31 Å². The molecule has 3 rings (SSSR count). The average molecular weight is 312 g/mol. The molecule has 2 fully saturated rings. The van der Waals surface area contributed by atoms with Crippen LogP contribution in [0, 0.1) is 11.2 Å². The van der Waals surface area contributed by atoms with E-state index in [1.54, 1.807) is 4.31 Å². The van der Waals surface area contributed by atoms with Gasteiger partial charge < -0.3 is 5.32 Å². The minimum Gasteiger partial charge on any atom is -0.316 e. The minimum absolute atomic E-state index is 0.0730. The summed E-state index contributed by atoms with van der Waals surface area (Å²) >= 11 is 0. The third kappa shape index (κ3) is 2.98.